The molecule has 0 saturated heterocycles. The van der Waals surface area contributed by atoms with Crippen LogP contribution in [-0.4, -0.2) is 145 Å². The van der Waals surface area contributed by atoms with E-state index >= 15 is 0 Å². The molecule has 0 aliphatic rings. The topological polar surface area (TPSA) is 435 Å². The van der Waals surface area contributed by atoms with Gasteiger partial charge in [-0.05, 0) is 0 Å². The van der Waals surface area contributed by atoms with E-state index in [0.717, 1.165) is 0 Å². The van der Waals surface area contributed by atoms with Crippen molar-refractivity contribution in [1.29, 1.82) is 0 Å². The average Bonchev–Trinajstić information content (AvgIpc) is 2.85. The Morgan fingerprint density at radius 1 is 0.340 bits per heavy atom. The molecule has 10 N–H and O–H groups in total. The van der Waals surface area contributed by atoms with Crippen molar-refractivity contribution in [1.82, 2.24) is 0 Å². The summed E-state index contributed by atoms with van der Waals surface area (Å²) in [7, 11) is 0. The Morgan fingerprint density at radius 2 is 0.547 bits per heavy atom. The standard InChI is InChI=1S/C24H26O25.4Na.4H/c25-9(26)1-21(46,17(38)39)6-14(35)47-23(19(42)43,4-12(31)32)8-16(37)49-24(20(44)45,5-13(33)34)7-15(36)48-22(18(40)41,2-10(27)28)3-11(29)30;;;;;;;;/h46H,1-8H2,(H,25,26)(H,27,28)(H,29,30)(H,31,32)(H,33,34)(H,38,39)(H,40,41)(H,42,43)(H,44,45);;;;;;;;/q;4*+1;4*-1. The average molecular weight is 810 g/mol. The van der Waals surface area contributed by atoms with Crippen molar-refractivity contribution in [2.24, 2.45) is 0 Å². The summed E-state index contributed by atoms with van der Waals surface area (Å²) in [6.45, 7) is 0. The molecular formula is C24H30Na4O25. The van der Waals surface area contributed by atoms with E-state index in [1.165, 1.54) is 0 Å². The number of carboxylic acid groups (broad SMARTS) is 9. The van der Waals surface area contributed by atoms with Gasteiger partial charge in [-0.25, -0.2) is 19.2 Å². The molecule has 0 aromatic rings. The first-order valence-corrected chi connectivity index (χ1v) is 12.6. The van der Waals surface area contributed by atoms with Crippen molar-refractivity contribution >= 4 is 71.6 Å². The maximum atomic E-state index is 12.9. The number of rotatable bonds is 23. The van der Waals surface area contributed by atoms with Crippen molar-refractivity contribution in [2.45, 2.75) is 73.8 Å². The van der Waals surface area contributed by atoms with Gasteiger partial charge in [0.15, 0.2) is 5.60 Å². The fourth-order valence-corrected chi connectivity index (χ4v) is 3.90. The summed E-state index contributed by atoms with van der Waals surface area (Å²) in [6, 6.07) is 0. The van der Waals surface area contributed by atoms with Gasteiger partial charge < -0.3 is 71.0 Å². The molecule has 0 radical (unpaired) electrons. The second kappa shape index (κ2) is 24.9. The summed E-state index contributed by atoms with van der Waals surface area (Å²) in [6.07, 6.45) is -15.2. The Morgan fingerprint density at radius 3 is 0.736 bits per heavy atom. The zero-order chi connectivity index (χ0) is 38.7. The Bertz CT molecular complexity index is 1470. The molecule has 0 saturated carbocycles. The monoisotopic (exact) mass is 810 g/mol. The molecule has 0 aromatic heterocycles. The minimum atomic E-state index is -3.75. The van der Waals surface area contributed by atoms with Crippen LogP contribution in [0.15, 0.2) is 0 Å². The smallest absolute Gasteiger partial charge is 1.00 e. The fraction of sp³-hybridized carbons (Fsp3) is 0.500. The summed E-state index contributed by atoms with van der Waals surface area (Å²) in [4.78, 5) is 142. The van der Waals surface area contributed by atoms with Gasteiger partial charge in [-0.15, -0.1) is 0 Å². The van der Waals surface area contributed by atoms with Crippen LogP contribution >= 0.6 is 0 Å². The van der Waals surface area contributed by atoms with Crippen LogP contribution in [0.3, 0.4) is 0 Å². The molecule has 0 fully saturated rings. The number of ether oxygens (including phenoxy) is 3. The van der Waals surface area contributed by atoms with Crippen LogP contribution in [0.5, 0.6) is 0 Å². The predicted molar refractivity (Wildman–Crippen MR) is 142 cm³/mol. The van der Waals surface area contributed by atoms with Crippen molar-refractivity contribution in [3.05, 3.63) is 0 Å². The largest absolute Gasteiger partial charge is 1.00 e. The minimum absolute atomic E-state index is 0. The molecule has 0 aliphatic carbocycles. The second-order valence-corrected chi connectivity index (χ2v) is 10.0. The number of hydrogen-bond acceptors (Lipinski definition) is 16. The number of esters is 3. The second-order valence-electron chi connectivity index (χ2n) is 10.0. The Balaban J connectivity index is -0.000000411. The molecule has 0 bridgehead atoms. The van der Waals surface area contributed by atoms with Crippen LogP contribution in [0, 0.1) is 0 Å². The van der Waals surface area contributed by atoms with E-state index in [9.17, 15) is 88.2 Å². The molecule has 0 heterocycles. The SMILES string of the molecule is O=C(O)CC(O)(CC(=O)OC(CC(=O)O)(CC(=O)OC(CC(=O)O)(CC(=O)OC(CC(=O)O)(CC(=O)O)C(=O)O)C(=O)O)C(=O)O)C(=O)O.[H-].[H-].[H-].[H-].[Na+].[Na+].[Na+].[Na+]. The first kappa shape index (κ1) is 59.9. The number of carbonyl (C=O) groups excluding carboxylic acids is 3. The molecule has 0 amide bonds. The molecular weight excluding hydrogens is 780 g/mol. The van der Waals surface area contributed by atoms with E-state index in [0.29, 0.717) is 0 Å². The third-order valence-electron chi connectivity index (χ3n) is 5.98. The zero-order valence-electron chi connectivity index (χ0n) is 32.3. The quantitative estimate of drug-likeness (QED) is 0.0260. The van der Waals surface area contributed by atoms with E-state index in [1.54, 1.807) is 0 Å². The van der Waals surface area contributed by atoms with Crippen LogP contribution in [0.25, 0.3) is 0 Å². The van der Waals surface area contributed by atoms with E-state index in [4.69, 9.17) is 20.4 Å². The number of aliphatic carboxylic acids is 9. The molecule has 53 heavy (non-hydrogen) atoms. The molecule has 3 atom stereocenters. The third kappa shape index (κ3) is 19.2. The summed E-state index contributed by atoms with van der Waals surface area (Å²) < 4.78 is 13.4. The molecule has 29 heteroatoms. The van der Waals surface area contributed by atoms with Gasteiger partial charge in [0.25, 0.3) is 0 Å². The van der Waals surface area contributed by atoms with Gasteiger partial charge in [-0.3, -0.25) is 38.4 Å². The number of hydrogen-bond donors (Lipinski definition) is 10. The van der Waals surface area contributed by atoms with E-state index in [2.05, 4.69) is 14.2 Å². The minimum Gasteiger partial charge on any atom is -1.00 e. The van der Waals surface area contributed by atoms with Crippen LogP contribution in [0.1, 0.15) is 57.1 Å². The number of carboxylic acids is 9. The van der Waals surface area contributed by atoms with Crippen LogP contribution in [0.2, 0.25) is 0 Å². The van der Waals surface area contributed by atoms with Crippen molar-refractivity contribution in [2.75, 3.05) is 0 Å². The van der Waals surface area contributed by atoms with Gasteiger partial charge >= 0.3 is 190 Å². The maximum absolute atomic E-state index is 12.9. The van der Waals surface area contributed by atoms with Crippen molar-refractivity contribution < 1.29 is 247 Å². The van der Waals surface area contributed by atoms with Crippen LogP contribution in [0.4, 0.5) is 0 Å². The molecule has 0 rings (SSSR count). The van der Waals surface area contributed by atoms with Crippen LogP contribution in [-0.2, 0) is 71.7 Å². The zero-order valence-corrected chi connectivity index (χ0v) is 36.3. The number of carbonyl (C=O) groups is 12. The van der Waals surface area contributed by atoms with Gasteiger partial charge in [0.05, 0.1) is 51.4 Å². The van der Waals surface area contributed by atoms with E-state index in [1.807, 2.05) is 0 Å². The van der Waals surface area contributed by atoms with E-state index in [-0.39, 0.29) is 124 Å². The summed E-state index contributed by atoms with van der Waals surface area (Å²) in [5, 5.41) is 93.2. The van der Waals surface area contributed by atoms with Gasteiger partial charge in [-0.2, -0.15) is 0 Å². The van der Waals surface area contributed by atoms with Gasteiger partial charge in [0, 0.05) is 0 Å². The predicted octanol–water partition coefficient (Wildman–Crippen LogP) is -15.1. The molecule has 25 nitrogen and oxygen atoms in total. The van der Waals surface area contributed by atoms with Crippen molar-refractivity contribution in [3.8, 4) is 0 Å². The first-order valence-electron chi connectivity index (χ1n) is 12.6. The Kier molecular flexibility index (Phi) is 28.1. The Labute approximate surface area is 388 Å². The van der Waals surface area contributed by atoms with Gasteiger partial charge in [0.1, 0.15) is 0 Å². The van der Waals surface area contributed by atoms with E-state index < -0.39 is 145 Å². The fourth-order valence-electron chi connectivity index (χ4n) is 3.90. The van der Waals surface area contributed by atoms with Crippen LogP contribution < -0.4 is 118 Å². The summed E-state index contributed by atoms with van der Waals surface area (Å²) in [5.74, 6) is -27.1. The summed E-state index contributed by atoms with van der Waals surface area (Å²) >= 11 is 0. The maximum Gasteiger partial charge on any atom is 1.00 e. The molecule has 0 aliphatic heterocycles. The molecule has 280 valence electrons. The van der Waals surface area contributed by atoms with Gasteiger partial charge in [0.2, 0.25) is 16.8 Å². The third-order valence-corrected chi connectivity index (χ3v) is 5.98. The molecule has 0 aromatic carbocycles. The first-order chi connectivity index (χ1) is 22.2. The molecule has 0 spiro atoms. The van der Waals surface area contributed by atoms with Crippen molar-refractivity contribution in [3.63, 3.8) is 0 Å². The molecule has 3 unspecified atom stereocenters. The van der Waals surface area contributed by atoms with Gasteiger partial charge in [-0.1, -0.05) is 0 Å². The number of aliphatic hydroxyl groups is 1. The normalized spacial score (nSPS) is 13.5. The Hall–Kier alpha value is -2.40. The summed E-state index contributed by atoms with van der Waals surface area (Å²) in [5.41, 5.74) is -14.4.